The van der Waals surface area contributed by atoms with Crippen molar-refractivity contribution >= 4 is 11.1 Å². The molecule has 1 aromatic carbocycles. The van der Waals surface area contributed by atoms with Crippen molar-refractivity contribution in [3.05, 3.63) is 46.6 Å². The predicted molar refractivity (Wildman–Crippen MR) is 94.5 cm³/mol. The molecule has 4 unspecified atom stereocenters. The summed E-state index contributed by atoms with van der Waals surface area (Å²) in [5.41, 5.74) is 1.37. The number of aliphatic hydroxyl groups excluding tert-OH is 3. The van der Waals surface area contributed by atoms with E-state index in [1.165, 1.54) is 12.1 Å². The van der Waals surface area contributed by atoms with Crippen LogP contribution in [0.1, 0.15) is 6.92 Å². The highest BCUT2D eigenvalue weighted by molar-refractivity contribution is 5.77. The van der Waals surface area contributed by atoms with Crippen LogP contribution in [-0.4, -0.2) is 51.5 Å². The lowest BCUT2D eigenvalue weighted by Gasteiger charge is -2.40. The van der Waals surface area contributed by atoms with E-state index >= 15 is 0 Å². The van der Waals surface area contributed by atoms with Crippen LogP contribution < -0.4 is 10.2 Å². The molecule has 1 aliphatic carbocycles. The minimum atomic E-state index is -1.08. The lowest BCUT2D eigenvalue weighted by atomic mass is 9.91. The van der Waals surface area contributed by atoms with Crippen molar-refractivity contribution in [3.8, 4) is 17.2 Å². The number of benzene rings is 2. The number of hydrogen-bond acceptors (Lipinski definition) is 8. The Kier molecular flexibility index (Phi) is 4.56. The summed E-state index contributed by atoms with van der Waals surface area (Å²) in [5.74, 6) is 0.181. The molecule has 27 heavy (non-hydrogen) atoms. The van der Waals surface area contributed by atoms with Gasteiger partial charge in [0.2, 0.25) is 6.29 Å². The van der Waals surface area contributed by atoms with Crippen molar-refractivity contribution in [2.75, 3.05) is 6.61 Å². The summed E-state index contributed by atoms with van der Waals surface area (Å²) in [6.07, 6.45) is -3.97. The van der Waals surface area contributed by atoms with E-state index in [1.54, 1.807) is 31.2 Å². The van der Waals surface area contributed by atoms with E-state index in [0.29, 0.717) is 28.3 Å². The Balaban J connectivity index is 1.65. The molecule has 0 radical (unpaired) electrons. The third-order valence-electron chi connectivity index (χ3n) is 4.80. The van der Waals surface area contributed by atoms with Crippen molar-refractivity contribution in [3.63, 3.8) is 0 Å². The lowest BCUT2D eigenvalue weighted by molar-refractivity contribution is -0.260. The number of ether oxygens (including phenoxy) is 2. The molecule has 5 atom stereocenters. The molecule has 0 amide bonds. The summed E-state index contributed by atoms with van der Waals surface area (Å²) < 4.78 is 16.9. The van der Waals surface area contributed by atoms with Gasteiger partial charge in [-0.05, 0) is 24.3 Å². The van der Waals surface area contributed by atoms with Gasteiger partial charge >= 0.3 is 0 Å². The summed E-state index contributed by atoms with van der Waals surface area (Å²) in [7, 11) is 0. The van der Waals surface area contributed by atoms with Gasteiger partial charge in [-0.3, -0.25) is 4.79 Å². The quantitative estimate of drug-likeness (QED) is 0.575. The van der Waals surface area contributed by atoms with E-state index in [0.717, 1.165) is 0 Å². The standard InChI is InChI=1S/C19H19NO7/c1-9-17(23)16(8-21)27-19(18(9)24)25-11-3-5-13-15(7-11)26-14-6-10(22)2-4-12(14)20-13/h2-7,9,16-19,21,23-24H,8H2,1H3/t9-,16?,17?,18?,19?/m1/s1. The molecule has 2 heterocycles. The van der Waals surface area contributed by atoms with Crippen LogP contribution in [0.2, 0.25) is 0 Å². The Morgan fingerprint density at radius 2 is 1.96 bits per heavy atom. The average Bonchev–Trinajstić information content (AvgIpc) is 2.66. The smallest absolute Gasteiger partial charge is 0.226 e. The summed E-state index contributed by atoms with van der Waals surface area (Å²) in [5, 5.41) is 29.7. The van der Waals surface area contributed by atoms with Crippen molar-refractivity contribution in [1.82, 2.24) is 4.98 Å². The highest BCUT2D eigenvalue weighted by atomic mass is 16.7. The third kappa shape index (κ3) is 3.28. The fourth-order valence-electron chi connectivity index (χ4n) is 3.16. The number of hydrogen-bond donors (Lipinski definition) is 3. The molecule has 0 aromatic heterocycles. The zero-order chi connectivity index (χ0) is 19.1. The first-order valence-electron chi connectivity index (χ1n) is 8.60. The van der Waals surface area contributed by atoms with Crippen LogP contribution in [0.4, 0.5) is 0 Å². The molecular weight excluding hydrogens is 354 g/mol. The normalized spacial score (nSPS) is 28.5. The van der Waals surface area contributed by atoms with Crippen LogP contribution in [0.3, 0.4) is 0 Å². The largest absolute Gasteiger partial charge is 0.462 e. The molecule has 0 saturated carbocycles. The zero-order valence-electron chi connectivity index (χ0n) is 14.5. The summed E-state index contributed by atoms with van der Waals surface area (Å²) in [6.45, 7) is 1.27. The number of rotatable bonds is 3. The van der Waals surface area contributed by atoms with Gasteiger partial charge in [-0.15, -0.1) is 0 Å². The number of nitrogens with zero attached hydrogens (tertiary/aromatic N) is 1. The highest BCUT2D eigenvalue weighted by Crippen LogP contribution is 2.30. The number of aliphatic hydroxyl groups is 3. The monoisotopic (exact) mass is 373 g/mol. The average molecular weight is 373 g/mol. The molecule has 3 N–H and O–H groups in total. The van der Waals surface area contributed by atoms with Gasteiger partial charge in [0.25, 0.3) is 0 Å². The van der Waals surface area contributed by atoms with Gasteiger partial charge in [-0.1, -0.05) is 6.92 Å². The highest BCUT2D eigenvalue weighted by Gasteiger charge is 2.43. The van der Waals surface area contributed by atoms with Gasteiger partial charge in [0.15, 0.2) is 16.8 Å². The van der Waals surface area contributed by atoms with E-state index < -0.39 is 37.1 Å². The third-order valence-corrected chi connectivity index (χ3v) is 4.80. The zero-order valence-corrected chi connectivity index (χ0v) is 14.5. The van der Waals surface area contributed by atoms with Crippen molar-refractivity contribution in [2.45, 2.75) is 31.5 Å². The van der Waals surface area contributed by atoms with Gasteiger partial charge in [0.1, 0.15) is 29.2 Å². The van der Waals surface area contributed by atoms with Crippen molar-refractivity contribution in [2.24, 2.45) is 5.92 Å². The summed E-state index contributed by atoms with van der Waals surface area (Å²) in [4.78, 5) is 15.9. The van der Waals surface area contributed by atoms with Gasteiger partial charge in [-0.25, -0.2) is 4.98 Å². The van der Waals surface area contributed by atoms with E-state index in [-0.39, 0.29) is 5.43 Å². The Labute approximate surface area is 153 Å². The SMILES string of the molecule is C[C@@H]1C(O)C(CO)OC(Oc2ccc3nc4ccc(=O)cc-4oc3c2)C1O. The maximum atomic E-state index is 11.5. The molecular formula is C19H19NO7. The molecule has 0 bridgehead atoms. The number of aromatic nitrogens is 1. The fourth-order valence-corrected chi connectivity index (χ4v) is 3.16. The van der Waals surface area contributed by atoms with Gasteiger partial charge < -0.3 is 29.2 Å². The Morgan fingerprint density at radius 1 is 1.15 bits per heavy atom. The molecule has 3 aliphatic rings. The van der Waals surface area contributed by atoms with Crippen LogP contribution in [0.25, 0.3) is 22.6 Å². The second-order valence-corrected chi connectivity index (χ2v) is 6.66. The van der Waals surface area contributed by atoms with E-state index in [1.807, 2.05) is 0 Å². The topological polar surface area (TPSA) is 122 Å². The van der Waals surface area contributed by atoms with Crippen LogP contribution in [0.15, 0.2) is 45.6 Å². The van der Waals surface area contributed by atoms with Crippen LogP contribution >= 0.6 is 0 Å². The molecule has 8 nitrogen and oxygen atoms in total. The van der Waals surface area contributed by atoms with Crippen LogP contribution in [0, 0.1) is 5.92 Å². The Bertz CT molecular complexity index is 985. The van der Waals surface area contributed by atoms with Gasteiger partial charge in [-0.2, -0.15) is 0 Å². The minimum Gasteiger partial charge on any atom is -0.462 e. The first-order valence-corrected chi connectivity index (χ1v) is 8.60. The van der Waals surface area contributed by atoms with E-state index in [9.17, 15) is 20.1 Å². The Hall–Kier alpha value is -2.52. The summed E-state index contributed by atoms with van der Waals surface area (Å²) >= 11 is 0. The van der Waals surface area contributed by atoms with Gasteiger partial charge in [0.05, 0.1) is 12.7 Å². The second-order valence-electron chi connectivity index (χ2n) is 6.66. The molecule has 142 valence electrons. The van der Waals surface area contributed by atoms with Crippen LogP contribution in [0.5, 0.6) is 5.75 Å². The minimum absolute atomic E-state index is 0.180. The summed E-state index contributed by atoms with van der Waals surface area (Å²) in [6, 6.07) is 9.30. The molecule has 0 spiro atoms. The molecule has 1 aromatic rings. The molecule has 1 fully saturated rings. The van der Waals surface area contributed by atoms with E-state index in [4.69, 9.17) is 13.9 Å². The number of fused-ring (bicyclic) bond motifs is 2. The van der Waals surface area contributed by atoms with Crippen LogP contribution in [-0.2, 0) is 4.74 Å². The fraction of sp³-hybridized carbons (Fsp3) is 0.368. The van der Waals surface area contributed by atoms with Crippen molar-refractivity contribution < 1.29 is 29.2 Å². The second kappa shape index (κ2) is 6.90. The maximum absolute atomic E-state index is 11.5. The first-order chi connectivity index (χ1) is 13.0. The molecule has 4 rings (SSSR count). The molecule has 2 aliphatic heterocycles. The lowest BCUT2D eigenvalue weighted by Crippen LogP contribution is -2.56. The predicted octanol–water partition coefficient (Wildman–Crippen LogP) is 0.747. The Morgan fingerprint density at radius 3 is 2.74 bits per heavy atom. The van der Waals surface area contributed by atoms with E-state index in [2.05, 4.69) is 4.98 Å². The molecule has 1 saturated heterocycles. The van der Waals surface area contributed by atoms with Gasteiger partial charge in [0, 0.05) is 18.1 Å². The molecule has 8 heteroatoms. The maximum Gasteiger partial charge on any atom is 0.226 e. The van der Waals surface area contributed by atoms with Crippen molar-refractivity contribution in [1.29, 1.82) is 0 Å². The first kappa shape index (κ1) is 17.9.